The molecule has 1 heterocycles. The molecular weight excluding hydrogens is 330 g/mol. The lowest BCUT2D eigenvalue weighted by molar-refractivity contribution is 0.394. The van der Waals surface area contributed by atoms with Crippen molar-refractivity contribution in [2.75, 3.05) is 14.2 Å². The summed E-state index contributed by atoms with van der Waals surface area (Å²) in [6, 6.07) is 1.50. The van der Waals surface area contributed by atoms with Gasteiger partial charge in [-0.05, 0) is 13.0 Å². The first-order valence-corrected chi connectivity index (χ1v) is 6.99. The van der Waals surface area contributed by atoms with E-state index >= 15 is 0 Å². The zero-order chi connectivity index (χ0) is 16.3. The van der Waals surface area contributed by atoms with Crippen molar-refractivity contribution < 1.29 is 13.9 Å². The fourth-order valence-corrected chi connectivity index (χ4v) is 2.47. The molecule has 1 aromatic carbocycles. The van der Waals surface area contributed by atoms with Crippen molar-refractivity contribution in [2.45, 2.75) is 6.92 Å². The van der Waals surface area contributed by atoms with Crippen molar-refractivity contribution >= 4 is 35.1 Å². The Balaban J connectivity index is 2.57. The maximum Gasteiger partial charge on any atom is 0.141 e. The summed E-state index contributed by atoms with van der Waals surface area (Å²) in [7, 11) is 2.85. The Morgan fingerprint density at radius 1 is 1.09 bits per heavy atom. The lowest BCUT2D eigenvalue weighted by atomic mass is 10.1. The zero-order valence-corrected chi connectivity index (χ0v) is 13.7. The van der Waals surface area contributed by atoms with E-state index in [1.54, 1.807) is 6.92 Å². The minimum atomic E-state index is -0.639. The number of rotatable bonds is 4. The minimum absolute atomic E-state index is 0.000100. The van der Waals surface area contributed by atoms with Crippen molar-refractivity contribution in [2.24, 2.45) is 0 Å². The number of methoxy groups -OCH3 is 2. The predicted molar refractivity (Wildman–Crippen MR) is 85.3 cm³/mol. The fraction of sp³-hybridized carbons (Fsp3) is 0.200. The molecule has 0 unspecified atom stereocenters. The molecule has 0 spiro atoms. The number of nitrogens with zero attached hydrogens (tertiary/aromatic N) is 2. The summed E-state index contributed by atoms with van der Waals surface area (Å²) in [5.41, 5.74) is 0.483. The highest BCUT2D eigenvalue weighted by Gasteiger charge is 2.20. The van der Waals surface area contributed by atoms with Crippen LogP contribution in [0.1, 0.15) is 17.0 Å². The van der Waals surface area contributed by atoms with Gasteiger partial charge in [0.25, 0.3) is 0 Å². The Labute approximate surface area is 137 Å². The van der Waals surface area contributed by atoms with Crippen molar-refractivity contribution in [3.63, 3.8) is 0 Å². The van der Waals surface area contributed by atoms with Crippen LogP contribution >= 0.6 is 23.2 Å². The second-order valence-corrected chi connectivity index (χ2v) is 5.10. The second kappa shape index (κ2) is 6.94. The molecule has 0 saturated heterocycles. The highest BCUT2D eigenvalue weighted by molar-refractivity contribution is 6.39. The van der Waals surface area contributed by atoms with E-state index in [4.69, 9.17) is 32.7 Å². The Bertz CT molecular complexity index is 690. The second-order valence-electron chi connectivity index (χ2n) is 4.34. The number of aromatic nitrogens is 2. The van der Waals surface area contributed by atoms with Crippen LogP contribution in [0, 0.1) is 6.92 Å². The molecule has 0 N–H and O–H groups in total. The van der Waals surface area contributed by atoms with Gasteiger partial charge in [0.1, 0.15) is 23.2 Å². The Kier molecular flexibility index (Phi) is 5.21. The van der Waals surface area contributed by atoms with Gasteiger partial charge in [-0.15, -0.1) is 0 Å². The third kappa shape index (κ3) is 3.31. The molecule has 0 aliphatic carbocycles. The molecule has 0 aliphatic heterocycles. The molecular formula is C15H13Cl2FN2O2. The summed E-state index contributed by atoms with van der Waals surface area (Å²) in [5.74, 6) is 0.486. The summed E-state index contributed by atoms with van der Waals surface area (Å²) in [6.45, 7) is 1.74. The number of halogens is 3. The average molecular weight is 343 g/mol. The quantitative estimate of drug-likeness (QED) is 0.815. The standard InChI is InChI=1S/C15H13Cl2FN2O2/c1-8-19-6-9(7-20-8)4-10(18)13-14(16)11(21-2)5-12(22-3)15(13)17/h4-7H,1-3H3/b10-4-. The average Bonchev–Trinajstić information content (AvgIpc) is 2.50. The summed E-state index contributed by atoms with van der Waals surface area (Å²) in [4.78, 5) is 8.00. The molecule has 116 valence electrons. The maximum absolute atomic E-state index is 14.6. The topological polar surface area (TPSA) is 44.2 Å². The number of hydrogen-bond donors (Lipinski definition) is 0. The van der Waals surface area contributed by atoms with Gasteiger partial charge in [0.05, 0.1) is 29.8 Å². The van der Waals surface area contributed by atoms with E-state index in [0.29, 0.717) is 11.4 Å². The Hall–Kier alpha value is -1.85. The van der Waals surface area contributed by atoms with Crippen molar-refractivity contribution in [3.8, 4) is 11.5 Å². The van der Waals surface area contributed by atoms with Gasteiger partial charge in [0.15, 0.2) is 0 Å². The first kappa shape index (κ1) is 16.5. The third-order valence-corrected chi connectivity index (χ3v) is 3.66. The van der Waals surface area contributed by atoms with Crippen LogP contribution in [-0.4, -0.2) is 24.2 Å². The van der Waals surface area contributed by atoms with Crippen LogP contribution in [0.2, 0.25) is 10.0 Å². The minimum Gasteiger partial charge on any atom is -0.495 e. The lowest BCUT2D eigenvalue weighted by Crippen LogP contribution is -1.94. The number of aryl methyl sites for hydroxylation is 1. The van der Waals surface area contributed by atoms with Crippen molar-refractivity contribution in [1.82, 2.24) is 9.97 Å². The van der Waals surface area contributed by atoms with Gasteiger partial charge in [-0.1, -0.05) is 23.2 Å². The predicted octanol–water partition coefficient (Wildman–Crippen LogP) is 4.58. The van der Waals surface area contributed by atoms with E-state index in [1.807, 2.05) is 0 Å². The maximum atomic E-state index is 14.6. The van der Waals surface area contributed by atoms with Crippen LogP contribution in [0.3, 0.4) is 0 Å². The van der Waals surface area contributed by atoms with Gasteiger partial charge in [-0.2, -0.15) is 0 Å². The molecule has 0 bridgehead atoms. The first-order chi connectivity index (χ1) is 10.5. The van der Waals surface area contributed by atoms with Crippen LogP contribution in [0.15, 0.2) is 18.5 Å². The van der Waals surface area contributed by atoms with Crippen LogP contribution in [0.25, 0.3) is 11.9 Å². The summed E-state index contributed by atoms with van der Waals surface area (Å²) < 4.78 is 24.8. The van der Waals surface area contributed by atoms with Gasteiger partial charge < -0.3 is 9.47 Å². The third-order valence-electron chi connectivity index (χ3n) is 2.91. The summed E-state index contributed by atoms with van der Waals surface area (Å²) in [5, 5.41) is 0.130. The van der Waals surface area contributed by atoms with Crippen LogP contribution in [0.4, 0.5) is 4.39 Å². The van der Waals surface area contributed by atoms with E-state index in [0.717, 1.165) is 0 Å². The molecule has 0 atom stereocenters. The van der Waals surface area contributed by atoms with Gasteiger partial charge in [-0.25, -0.2) is 14.4 Å². The van der Waals surface area contributed by atoms with Crippen molar-refractivity contribution in [1.29, 1.82) is 0 Å². The molecule has 0 amide bonds. The van der Waals surface area contributed by atoms with E-state index < -0.39 is 5.83 Å². The van der Waals surface area contributed by atoms with E-state index in [-0.39, 0.29) is 27.1 Å². The Morgan fingerprint density at radius 3 is 2.05 bits per heavy atom. The molecule has 1 aromatic heterocycles. The SMILES string of the molecule is COc1cc(OC)c(Cl)c(/C(F)=C/c2cnc(C)nc2)c1Cl. The van der Waals surface area contributed by atoms with Crippen molar-refractivity contribution in [3.05, 3.63) is 45.5 Å². The van der Waals surface area contributed by atoms with Crippen LogP contribution < -0.4 is 9.47 Å². The smallest absolute Gasteiger partial charge is 0.141 e. The fourth-order valence-electron chi connectivity index (χ4n) is 1.79. The highest BCUT2D eigenvalue weighted by atomic mass is 35.5. The molecule has 0 radical (unpaired) electrons. The molecule has 0 aliphatic rings. The van der Waals surface area contributed by atoms with Crippen LogP contribution in [0.5, 0.6) is 11.5 Å². The number of ether oxygens (including phenoxy) is 2. The van der Waals surface area contributed by atoms with Gasteiger partial charge in [0, 0.05) is 24.0 Å². The normalized spacial score (nSPS) is 11.5. The zero-order valence-electron chi connectivity index (χ0n) is 12.2. The monoisotopic (exact) mass is 342 g/mol. The van der Waals surface area contributed by atoms with Gasteiger partial charge in [-0.3, -0.25) is 0 Å². The lowest BCUT2D eigenvalue weighted by Gasteiger charge is -2.13. The molecule has 2 aromatic rings. The highest BCUT2D eigenvalue weighted by Crippen LogP contribution is 2.44. The molecule has 0 saturated carbocycles. The van der Waals surface area contributed by atoms with Crippen LogP contribution in [-0.2, 0) is 0 Å². The summed E-state index contributed by atoms with van der Waals surface area (Å²) in [6.07, 6.45) is 4.24. The number of hydrogen-bond acceptors (Lipinski definition) is 4. The molecule has 4 nitrogen and oxygen atoms in total. The first-order valence-electron chi connectivity index (χ1n) is 6.24. The van der Waals surface area contributed by atoms with Gasteiger partial charge in [0.2, 0.25) is 0 Å². The van der Waals surface area contributed by atoms with Gasteiger partial charge >= 0.3 is 0 Å². The Morgan fingerprint density at radius 2 is 1.59 bits per heavy atom. The van der Waals surface area contributed by atoms with E-state index in [1.165, 1.54) is 38.8 Å². The molecule has 22 heavy (non-hydrogen) atoms. The summed E-state index contributed by atoms with van der Waals surface area (Å²) >= 11 is 12.3. The molecule has 7 heteroatoms. The number of benzene rings is 1. The van der Waals surface area contributed by atoms with E-state index in [2.05, 4.69) is 9.97 Å². The molecule has 2 rings (SSSR count). The van der Waals surface area contributed by atoms with E-state index in [9.17, 15) is 4.39 Å². The largest absolute Gasteiger partial charge is 0.495 e. The molecule has 0 fully saturated rings.